The van der Waals surface area contributed by atoms with Crippen LogP contribution >= 0.6 is 0 Å². The van der Waals surface area contributed by atoms with Crippen molar-refractivity contribution in [3.8, 4) is 23.0 Å². The highest BCUT2D eigenvalue weighted by molar-refractivity contribution is 7.88. The molecule has 24 nitrogen and oxygen atoms in total. The minimum atomic E-state index is -6.29. The topological polar surface area (TPSA) is 394 Å². The van der Waals surface area contributed by atoms with Gasteiger partial charge in [0.15, 0.2) is 37.0 Å². The zero-order chi connectivity index (χ0) is 81.4. The molecule has 0 atom stereocenters. The fourth-order valence-electron chi connectivity index (χ4n) is 9.98. The van der Waals surface area contributed by atoms with Gasteiger partial charge in [0.25, 0.3) is 0 Å². The van der Waals surface area contributed by atoms with E-state index in [1.807, 2.05) is 0 Å². The Morgan fingerprint density at radius 1 is 0.368 bits per heavy atom. The summed E-state index contributed by atoms with van der Waals surface area (Å²) in [7, 11) is 55.7. The number of ether oxygens (including phenoxy) is 5. The van der Waals surface area contributed by atoms with E-state index in [9.17, 15) is 112 Å². The molecule has 5 rings (SSSR count). The van der Waals surface area contributed by atoms with Crippen molar-refractivity contribution in [1.29, 1.82) is 0 Å². The van der Waals surface area contributed by atoms with Gasteiger partial charge in [0, 0.05) is 12.3 Å². The molecule has 4 aromatic rings. The molecule has 1 aliphatic rings. The molecule has 0 aliphatic heterocycles. The Hall–Kier alpha value is -6.30. The summed E-state index contributed by atoms with van der Waals surface area (Å²) in [5.41, 5.74) is 7.17. The van der Waals surface area contributed by atoms with Gasteiger partial charge in [0.05, 0.1) is 122 Å². The van der Waals surface area contributed by atoms with Crippen LogP contribution in [-0.2, 0) is 167 Å². The smallest absolute Gasteiger partial charge is 0.428 e. The Bertz CT molecular complexity index is 4070. The second-order valence-electron chi connectivity index (χ2n) is 22.2. The number of Topliss-reactive ketones (excluding diaryl/α,β-unsaturated/α-hetero) is 2. The van der Waals surface area contributed by atoms with Crippen LogP contribution in [0, 0.1) is 11.8 Å². The first-order valence-electron chi connectivity index (χ1n) is 30.6. The van der Waals surface area contributed by atoms with E-state index in [0.717, 1.165) is 5.56 Å². The molecule has 540 valence electrons. The molecule has 1 fully saturated rings. The maximum Gasteiger partial charge on any atom is 0.428 e. The summed E-state index contributed by atoms with van der Waals surface area (Å²) in [6.07, 6.45) is -1.67. The first kappa shape index (κ1) is 95.8. The fourth-order valence-corrected chi connectivity index (χ4v) is 11.4. The Morgan fingerprint density at radius 2 is 0.670 bits per heavy atom. The third-order valence-electron chi connectivity index (χ3n) is 15.2. The lowest BCUT2D eigenvalue weighted by molar-refractivity contribution is -0.166. The standard InChI is InChI=1S/C18H19B3F2O6S.C14H13B3F2O6S.C13H13B5O5S.C13H11B3F2O7S/c19-7-10-5-13(8-20)15(14(6-10)9-21)29-17(25)12-3-1-11(2-4-12)16(24)18(22,23)30(26,27)28;15-5-8-3-9(6-16)13(10(4-8)7-17)25-12(21)2-1-11(20)14(18,19)26(22,23)24;14-1-7-8(2-15)10(4-17)13(11(5-18)9(7)3-16)23-12(19)6-24(20,21)22;14-3-7-1-8(4-15)11(9(2-7)5-16)25-10(19)6-24-12(20)13(17,18)26(21,22)23/h5-6,11-12H,1-4,7-9H2,(H,26,27,28);3-4H,1-2,5-7H2,(H,22,23,24);1-6H2,(H,20,21,22);1-2H,3-6H2,(H,21,22,23)/p-4. The van der Waals surface area contributed by atoms with Crippen molar-refractivity contribution >= 4 is 192 Å². The lowest BCUT2D eigenvalue weighted by Crippen LogP contribution is -2.43. The molecule has 0 heterocycles. The van der Waals surface area contributed by atoms with Crippen LogP contribution in [0.1, 0.15) is 116 Å². The number of carbonyl (C=O) groups excluding carboxylic acids is 7. The number of alkyl halides is 6. The van der Waals surface area contributed by atoms with Crippen molar-refractivity contribution in [3.63, 3.8) is 0 Å². The van der Waals surface area contributed by atoms with Gasteiger partial charge in [-0.2, -0.15) is 26.3 Å². The Kier molecular flexibility index (Phi) is 38.0. The molecule has 1 aliphatic carbocycles. The van der Waals surface area contributed by atoms with Crippen LogP contribution in [0.15, 0.2) is 36.4 Å². The lowest BCUT2D eigenvalue weighted by atomic mass is 9.72. The summed E-state index contributed by atoms with van der Waals surface area (Å²) in [4.78, 5) is 81.8. The minimum absolute atomic E-state index is 0.00764. The Labute approximate surface area is 627 Å². The number of halogens is 6. The molecule has 0 aromatic heterocycles. The third kappa shape index (κ3) is 25.9. The van der Waals surface area contributed by atoms with Crippen LogP contribution in [-0.4, -0.2) is 231 Å². The highest BCUT2D eigenvalue weighted by atomic mass is 32.2. The van der Waals surface area contributed by atoms with Crippen LogP contribution in [0.2, 0.25) is 0 Å². The van der Waals surface area contributed by atoms with E-state index in [1.165, 1.54) is 12.1 Å². The van der Waals surface area contributed by atoms with Crippen molar-refractivity contribution < 1.29 is 135 Å². The van der Waals surface area contributed by atoms with Gasteiger partial charge in [-0.15, -0.1) is 0 Å². The highest BCUT2D eigenvalue weighted by Crippen LogP contribution is 2.39. The first-order chi connectivity index (χ1) is 49.1. The van der Waals surface area contributed by atoms with E-state index in [-0.39, 0.29) is 137 Å². The Balaban J connectivity index is 0.000000482. The number of benzene rings is 4. The molecule has 0 spiro atoms. The first-order valence-corrected chi connectivity index (χ1v) is 36.4. The largest absolute Gasteiger partial charge is 0.748 e. The number of ketones is 2. The summed E-state index contributed by atoms with van der Waals surface area (Å²) in [5.74, 6) is -14.2. The average Bonchev–Trinajstić information content (AvgIpc) is 0.772. The molecule has 48 heteroatoms. The molecule has 0 saturated heterocycles. The van der Waals surface area contributed by atoms with Crippen molar-refractivity contribution in [3.05, 3.63) is 114 Å². The fraction of sp³-hybridized carbons (Fsp3) is 0.466. The van der Waals surface area contributed by atoms with Crippen LogP contribution < -0.4 is 18.9 Å². The number of hydrogen-bond donors (Lipinski definition) is 0. The highest BCUT2D eigenvalue weighted by Gasteiger charge is 2.51. The van der Waals surface area contributed by atoms with E-state index in [1.54, 1.807) is 24.3 Å². The third-order valence-corrected chi connectivity index (χ3v) is 18.3. The maximum absolute atomic E-state index is 13.5. The molecule has 0 amide bonds. The molecule has 0 bridgehead atoms. The van der Waals surface area contributed by atoms with Gasteiger partial charge in [0.2, 0.25) is 11.6 Å². The summed E-state index contributed by atoms with van der Waals surface area (Å²) >= 11 is 0. The maximum atomic E-state index is 13.5. The second-order valence-corrected chi connectivity index (χ2v) is 27.8. The van der Waals surface area contributed by atoms with Crippen LogP contribution in [0.5, 0.6) is 23.0 Å². The van der Waals surface area contributed by atoms with E-state index >= 15 is 0 Å². The molecule has 1 saturated carbocycles. The summed E-state index contributed by atoms with van der Waals surface area (Å²) in [6.45, 7) is -1.36. The van der Waals surface area contributed by atoms with Gasteiger partial charge in [0.1, 0.15) is 38.9 Å². The number of carbonyl (C=O) groups is 7. The van der Waals surface area contributed by atoms with E-state index in [4.69, 9.17) is 129 Å². The quantitative estimate of drug-likeness (QED) is 0.0181. The average molecular weight is 1530 g/mol. The van der Waals surface area contributed by atoms with Crippen LogP contribution in [0.4, 0.5) is 26.3 Å². The van der Waals surface area contributed by atoms with E-state index < -0.39 is 135 Å². The van der Waals surface area contributed by atoms with Gasteiger partial charge in [-0.05, 0) is 81.3 Å². The van der Waals surface area contributed by atoms with Gasteiger partial charge in [-0.3, -0.25) is 24.0 Å². The Morgan fingerprint density at radius 3 is 0.972 bits per heavy atom. The molecule has 0 N–H and O–H groups in total. The number of esters is 5. The van der Waals surface area contributed by atoms with Crippen molar-refractivity contribution in [2.45, 2.75) is 143 Å². The molecular weight excluding hydrogens is 1470 g/mol. The molecule has 0 unspecified atom stereocenters. The van der Waals surface area contributed by atoms with Crippen molar-refractivity contribution in [2.24, 2.45) is 11.8 Å². The minimum Gasteiger partial charge on any atom is -0.748 e. The zero-order valence-corrected chi connectivity index (χ0v) is 59.2. The molecular formula is C58H52B14F6O24S4-4. The van der Waals surface area contributed by atoms with Crippen molar-refractivity contribution in [1.82, 2.24) is 0 Å². The van der Waals surface area contributed by atoms with E-state index in [0.29, 0.717) is 72.3 Å². The molecule has 106 heavy (non-hydrogen) atoms. The summed E-state index contributed by atoms with van der Waals surface area (Å²) in [6, 6.07) is 9.61. The van der Waals surface area contributed by atoms with Gasteiger partial charge >= 0.3 is 45.6 Å². The molecule has 4 aromatic carbocycles. The van der Waals surface area contributed by atoms with E-state index in [2.05, 4.69) is 4.74 Å². The predicted molar refractivity (Wildman–Crippen MR) is 375 cm³/mol. The summed E-state index contributed by atoms with van der Waals surface area (Å²) in [5, 5.41) is -15.4. The monoisotopic (exact) mass is 1530 g/mol. The number of hydrogen-bond acceptors (Lipinski definition) is 24. The lowest BCUT2D eigenvalue weighted by Gasteiger charge is -2.29. The number of rotatable bonds is 33. The van der Waals surface area contributed by atoms with Crippen molar-refractivity contribution in [2.75, 3.05) is 12.4 Å². The predicted octanol–water partition coefficient (Wildman–Crippen LogP) is -1.05. The van der Waals surface area contributed by atoms with Gasteiger partial charge < -0.3 is 41.9 Å². The van der Waals surface area contributed by atoms with Crippen LogP contribution in [0.3, 0.4) is 0 Å². The molecule has 28 radical (unpaired) electrons. The normalized spacial score (nSPS) is 14.1. The van der Waals surface area contributed by atoms with Gasteiger partial charge in [-0.25, -0.2) is 43.3 Å². The van der Waals surface area contributed by atoms with Crippen LogP contribution in [0.25, 0.3) is 0 Å². The van der Waals surface area contributed by atoms with Gasteiger partial charge in [-0.1, -0.05) is 147 Å². The second kappa shape index (κ2) is 42.0. The zero-order valence-electron chi connectivity index (χ0n) is 56.0. The SMILES string of the molecule is [B]Cc1c(C[B])c(C[B])c(OC(=O)CS(=O)(=O)[O-])c(C[B])c1C[B].[B]Cc1cc(C[B])c(OC(=O)C2CCC(C(=O)C(F)(F)S(=O)(=O)[O-])CC2)c(C[B])c1.[B]Cc1cc(C[B])c(OC(=O)CCC(=O)C(F)(F)S(=O)(=O)[O-])c(C[B])c1.[B]Cc1cc(C[B])c(OC(=O)COC(=O)C(F)(F)S(=O)(=O)[O-])c(C[B])c1. The summed E-state index contributed by atoms with van der Waals surface area (Å²) < 4.78 is 230.